The zero-order chi connectivity index (χ0) is 14.8. The zero-order valence-electron chi connectivity index (χ0n) is 11.5. The van der Waals surface area contributed by atoms with Crippen LogP contribution in [0.4, 0.5) is 0 Å². The van der Waals surface area contributed by atoms with Crippen LogP contribution >= 0.6 is 0 Å². The van der Waals surface area contributed by atoms with E-state index in [0.29, 0.717) is 5.75 Å². The Morgan fingerprint density at radius 2 is 2.14 bits per heavy atom. The number of ether oxygens (including phenoxy) is 1. The molecular weight excluding hydrogens is 268 g/mol. The number of imidazole rings is 1. The van der Waals surface area contributed by atoms with Gasteiger partial charge in [-0.1, -0.05) is 18.2 Å². The molecule has 0 amide bonds. The van der Waals surface area contributed by atoms with Crippen molar-refractivity contribution in [2.24, 2.45) is 0 Å². The summed E-state index contributed by atoms with van der Waals surface area (Å²) in [6.07, 6.45) is 3.77. The van der Waals surface area contributed by atoms with Crippen LogP contribution in [-0.2, 0) is 6.61 Å². The van der Waals surface area contributed by atoms with E-state index in [2.05, 4.69) is 4.98 Å². The second-order valence-corrected chi connectivity index (χ2v) is 4.74. The average molecular weight is 282 g/mol. The summed E-state index contributed by atoms with van der Waals surface area (Å²) in [5, 5.41) is 9.20. The Morgan fingerprint density at radius 3 is 2.90 bits per heavy atom. The number of carboxylic acid groups (broad SMARTS) is 1. The summed E-state index contributed by atoms with van der Waals surface area (Å²) in [5.41, 5.74) is 2.54. The predicted octanol–water partition coefficient (Wildman–Crippen LogP) is 2.92. The lowest BCUT2D eigenvalue weighted by Crippen LogP contribution is -2.05. The molecular formula is C16H14N2O3. The minimum atomic E-state index is -0.997. The number of hydrogen-bond acceptors (Lipinski definition) is 3. The Bertz CT molecular complexity index is 775. The van der Waals surface area contributed by atoms with E-state index in [9.17, 15) is 9.90 Å². The number of nitrogens with zero attached hydrogens (tertiary/aromatic N) is 2. The molecule has 3 aromatic rings. The Hall–Kier alpha value is -2.82. The molecule has 0 unspecified atom stereocenters. The first-order valence-corrected chi connectivity index (χ1v) is 6.53. The molecule has 106 valence electrons. The number of carbonyl (C=O) groups is 1. The molecule has 0 atom stereocenters. The van der Waals surface area contributed by atoms with Gasteiger partial charge < -0.3 is 14.2 Å². The summed E-state index contributed by atoms with van der Waals surface area (Å²) < 4.78 is 7.59. The average Bonchev–Trinajstić information content (AvgIpc) is 2.88. The normalized spacial score (nSPS) is 10.7. The number of para-hydroxylation sites is 1. The van der Waals surface area contributed by atoms with Crippen LogP contribution in [0.25, 0.3) is 5.65 Å². The lowest BCUT2D eigenvalue weighted by molar-refractivity contribution is 0.0691. The van der Waals surface area contributed by atoms with Gasteiger partial charge in [0.15, 0.2) is 0 Å². The zero-order valence-corrected chi connectivity index (χ0v) is 11.5. The molecule has 5 heteroatoms. The smallest absolute Gasteiger partial charge is 0.339 e. The monoisotopic (exact) mass is 282 g/mol. The number of carboxylic acids is 1. The number of hydrogen-bond donors (Lipinski definition) is 1. The molecule has 2 heterocycles. The Morgan fingerprint density at radius 1 is 1.29 bits per heavy atom. The SMILES string of the molecule is Cc1cccc(C(=O)O)c1OCc1cn2ccccc2n1. The molecule has 3 rings (SSSR count). The van der Waals surface area contributed by atoms with Gasteiger partial charge in [0.2, 0.25) is 0 Å². The van der Waals surface area contributed by atoms with Gasteiger partial charge in [0, 0.05) is 12.4 Å². The highest BCUT2D eigenvalue weighted by atomic mass is 16.5. The van der Waals surface area contributed by atoms with Gasteiger partial charge in [-0.3, -0.25) is 0 Å². The van der Waals surface area contributed by atoms with Gasteiger partial charge in [0.25, 0.3) is 0 Å². The molecule has 0 aliphatic heterocycles. The van der Waals surface area contributed by atoms with Crippen LogP contribution < -0.4 is 4.74 Å². The minimum absolute atomic E-state index is 0.166. The Labute approximate surface area is 121 Å². The van der Waals surface area contributed by atoms with Gasteiger partial charge >= 0.3 is 5.97 Å². The summed E-state index contributed by atoms with van der Waals surface area (Å²) in [7, 11) is 0. The maximum Gasteiger partial charge on any atom is 0.339 e. The van der Waals surface area contributed by atoms with Crippen molar-refractivity contribution in [3.8, 4) is 5.75 Å². The number of rotatable bonds is 4. The van der Waals surface area contributed by atoms with Gasteiger partial charge in [-0.2, -0.15) is 0 Å². The van der Waals surface area contributed by atoms with E-state index in [4.69, 9.17) is 4.74 Å². The summed E-state index contributed by atoms with van der Waals surface area (Å²) in [6, 6.07) is 10.8. The molecule has 0 aliphatic rings. The fourth-order valence-corrected chi connectivity index (χ4v) is 2.22. The van der Waals surface area contributed by atoms with Crippen molar-refractivity contribution >= 4 is 11.6 Å². The van der Waals surface area contributed by atoms with Crippen molar-refractivity contribution < 1.29 is 14.6 Å². The van der Waals surface area contributed by atoms with E-state index in [-0.39, 0.29) is 12.2 Å². The molecule has 1 N–H and O–H groups in total. The lowest BCUT2D eigenvalue weighted by Gasteiger charge is -2.10. The highest BCUT2D eigenvalue weighted by Crippen LogP contribution is 2.24. The summed E-state index contributed by atoms with van der Waals surface area (Å²) in [5.74, 6) is -0.606. The summed E-state index contributed by atoms with van der Waals surface area (Å²) in [6.45, 7) is 2.05. The molecule has 0 fully saturated rings. The topological polar surface area (TPSA) is 63.8 Å². The molecule has 0 bridgehead atoms. The third-order valence-electron chi connectivity index (χ3n) is 3.22. The van der Waals surface area contributed by atoms with Crippen LogP contribution in [0.3, 0.4) is 0 Å². The number of fused-ring (bicyclic) bond motifs is 1. The van der Waals surface area contributed by atoms with E-state index in [1.807, 2.05) is 48.0 Å². The molecule has 21 heavy (non-hydrogen) atoms. The quantitative estimate of drug-likeness (QED) is 0.799. The Kier molecular flexibility index (Phi) is 3.31. The van der Waals surface area contributed by atoms with Crippen molar-refractivity contribution in [3.63, 3.8) is 0 Å². The summed E-state index contributed by atoms with van der Waals surface area (Å²) >= 11 is 0. The van der Waals surface area contributed by atoms with E-state index in [1.165, 1.54) is 6.07 Å². The number of aryl methyl sites for hydroxylation is 1. The molecule has 0 saturated carbocycles. The van der Waals surface area contributed by atoms with Crippen LogP contribution in [0, 0.1) is 6.92 Å². The van der Waals surface area contributed by atoms with Gasteiger partial charge in [-0.05, 0) is 30.7 Å². The summed E-state index contributed by atoms with van der Waals surface area (Å²) in [4.78, 5) is 15.6. The standard InChI is InChI=1S/C16H14N2O3/c1-11-5-4-6-13(16(19)20)15(11)21-10-12-9-18-8-3-2-7-14(18)17-12/h2-9H,10H2,1H3,(H,19,20). The maximum atomic E-state index is 11.2. The van der Waals surface area contributed by atoms with Crippen molar-refractivity contribution in [1.29, 1.82) is 0 Å². The minimum Gasteiger partial charge on any atom is -0.486 e. The van der Waals surface area contributed by atoms with Gasteiger partial charge in [0.05, 0.1) is 5.69 Å². The molecule has 1 aromatic carbocycles. The largest absolute Gasteiger partial charge is 0.486 e. The van der Waals surface area contributed by atoms with Crippen molar-refractivity contribution in [2.45, 2.75) is 13.5 Å². The van der Waals surface area contributed by atoms with Crippen molar-refractivity contribution in [2.75, 3.05) is 0 Å². The highest BCUT2D eigenvalue weighted by Gasteiger charge is 2.14. The first-order chi connectivity index (χ1) is 10.1. The first-order valence-electron chi connectivity index (χ1n) is 6.53. The maximum absolute atomic E-state index is 11.2. The number of benzene rings is 1. The van der Waals surface area contributed by atoms with Crippen LogP contribution in [-0.4, -0.2) is 20.5 Å². The first kappa shape index (κ1) is 13.2. The lowest BCUT2D eigenvalue weighted by atomic mass is 10.1. The number of aromatic nitrogens is 2. The van der Waals surface area contributed by atoms with Crippen LogP contribution in [0.2, 0.25) is 0 Å². The van der Waals surface area contributed by atoms with E-state index in [1.54, 1.807) is 6.07 Å². The van der Waals surface area contributed by atoms with Gasteiger partial charge in [-0.25, -0.2) is 9.78 Å². The van der Waals surface area contributed by atoms with Crippen LogP contribution in [0.1, 0.15) is 21.6 Å². The fraction of sp³-hybridized carbons (Fsp3) is 0.125. The van der Waals surface area contributed by atoms with Crippen molar-refractivity contribution in [1.82, 2.24) is 9.38 Å². The van der Waals surface area contributed by atoms with Crippen molar-refractivity contribution in [3.05, 3.63) is 65.6 Å². The Balaban J connectivity index is 1.86. The number of pyridine rings is 1. The van der Waals surface area contributed by atoms with E-state index in [0.717, 1.165) is 16.9 Å². The fourth-order valence-electron chi connectivity index (χ4n) is 2.22. The number of aromatic carboxylic acids is 1. The highest BCUT2D eigenvalue weighted by molar-refractivity contribution is 5.91. The molecule has 0 saturated heterocycles. The van der Waals surface area contributed by atoms with E-state index >= 15 is 0 Å². The second kappa shape index (κ2) is 5.28. The van der Waals surface area contributed by atoms with E-state index < -0.39 is 5.97 Å². The van der Waals surface area contributed by atoms with Crippen LogP contribution in [0.15, 0.2) is 48.8 Å². The molecule has 0 radical (unpaired) electrons. The molecule has 5 nitrogen and oxygen atoms in total. The predicted molar refractivity (Wildman–Crippen MR) is 77.7 cm³/mol. The third-order valence-corrected chi connectivity index (χ3v) is 3.22. The third kappa shape index (κ3) is 2.58. The second-order valence-electron chi connectivity index (χ2n) is 4.74. The van der Waals surface area contributed by atoms with Crippen LogP contribution in [0.5, 0.6) is 5.75 Å². The van der Waals surface area contributed by atoms with Gasteiger partial charge in [-0.15, -0.1) is 0 Å². The van der Waals surface area contributed by atoms with Gasteiger partial charge in [0.1, 0.15) is 23.6 Å². The molecule has 0 aliphatic carbocycles. The molecule has 2 aromatic heterocycles. The molecule has 0 spiro atoms.